The van der Waals surface area contributed by atoms with Crippen molar-refractivity contribution in [2.45, 2.75) is 45.4 Å². The molecule has 0 aromatic carbocycles. The van der Waals surface area contributed by atoms with Crippen LogP contribution in [0.15, 0.2) is 37.2 Å². The first-order valence-corrected chi connectivity index (χ1v) is 8.75. The first kappa shape index (κ1) is 17.1. The molecule has 3 N–H and O–H groups in total. The van der Waals surface area contributed by atoms with Crippen LogP contribution in [0.1, 0.15) is 55.3 Å². The van der Waals surface area contributed by atoms with E-state index in [1.54, 1.807) is 19.3 Å². The molecular formula is C20H25N5. The molecule has 5 nitrogen and oxygen atoms in total. The zero-order chi connectivity index (χ0) is 17.8. The molecule has 0 saturated heterocycles. The Morgan fingerprint density at radius 1 is 1.24 bits per heavy atom. The Morgan fingerprint density at radius 2 is 2.00 bits per heavy atom. The molecule has 1 saturated carbocycles. The molecule has 0 bridgehead atoms. The normalized spacial score (nSPS) is 14.3. The highest BCUT2D eigenvalue weighted by atomic mass is 15.0. The number of anilines is 3. The van der Waals surface area contributed by atoms with Gasteiger partial charge in [-0.25, -0.2) is 9.97 Å². The molecule has 0 unspecified atom stereocenters. The van der Waals surface area contributed by atoms with Gasteiger partial charge in [0, 0.05) is 35.2 Å². The van der Waals surface area contributed by atoms with E-state index in [4.69, 9.17) is 10.4 Å². The molecule has 1 aliphatic rings. The van der Waals surface area contributed by atoms with Gasteiger partial charge in [-0.1, -0.05) is 19.4 Å². The number of pyridine rings is 2. The highest BCUT2D eigenvalue weighted by Gasteiger charge is 2.19. The Hall–Kier alpha value is -2.69. The summed E-state index contributed by atoms with van der Waals surface area (Å²) in [6.45, 7) is 7.53. The highest BCUT2D eigenvalue weighted by molar-refractivity contribution is 6.02. The van der Waals surface area contributed by atoms with Gasteiger partial charge in [-0.3, -0.25) is 0 Å². The largest absolute Gasteiger partial charge is 0.347 e. The van der Waals surface area contributed by atoms with Crippen molar-refractivity contribution < 1.29 is 0 Å². The summed E-state index contributed by atoms with van der Waals surface area (Å²) < 4.78 is 0. The molecule has 2 heterocycles. The molecule has 130 valence electrons. The van der Waals surface area contributed by atoms with Crippen molar-refractivity contribution in [3.8, 4) is 0 Å². The summed E-state index contributed by atoms with van der Waals surface area (Å²) in [5, 5.41) is 14.4. The number of aromatic nitrogens is 2. The van der Waals surface area contributed by atoms with E-state index in [1.807, 2.05) is 12.1 Å². The predicted octanol–water partition coefficient (Wildman–Crippen LogP) is 5.13. The lowest BCUT2D eigenvalue weighted by Crippen LogP contribution is -2.06. The van der Waals surface area contributed by atoms with Crippen molar-refractivity contribution in [1.82, 2.24) is 9.97 Å². The molecule has 0 aliphatic heterocycles. The lowest BCUT2D eigenvalue weighted by atomic mass is 10.0. The van der Waals surface area contributed by atoms with Crippen molar-refractivity contribution in [3.05, 3.63) is 54.0 Å². The fourth-order valence-electron chi connectivity index (χ4n) is 3.37. The Bertz CT molecular complexity index is 791. The quantitative estimate of drug-likeness (QED) is 0.640. The van der Waals surface area contributed by atoms with Gasteiger partial charge in [0.2, 0.25) is 0 Å². The van der Waals surface area contributed by atoms with E-state index in [0.29, 0.717) is 17.4 Å². The highest BCUT2D eigenvalue weighted by Crippen LogP contribution is 2.34. The average Bonchev–Trinajstić information content (AvgIpc) is 3.09. The summed E-state index contributed by atoms with van der Waals surface area (Å²) >= 11 is 0. The molecule has 0 amide bonds. The predicted molar refractivity (Wildman–Crippen MR) is 104 cm³/mol. The van der Waals surface area contributed by atoms with Gasteiger partial charge in [-0.15, -0.1) is 0 Å². The van der Waals surface area contributed by atoms with Crippen LogP contribution in [0.3, 0.4) is 0 Å². The van der Waals surface area contributed by atoms with E-state index in [9.17, 15) is 0 Å². The van der Waals surface area contributed by atoms with Gasteiger partial charge < -0.3 is 16.0 Å². The monoisotopic (exact) mass is 335 g/mol. The third kappa shape index (κ3) is 4.05. The lowest BCUT2D eigenvalue weighted by Gasteiger charge is -2.15. The van der Waals surface area contributed by atoms with Crippen LogP contribution in [0.2, 0.25) is 0 Å². The number of rotatable bonds is 6. The average molecular weight is 335 g/mol. The minimum absolute atomic E-state index is 0.462. The van der Waals surface area contributed by atoms with Gasteiger partial charge in [0.25, 0.3) is 0 Å². The lowest BCUT2D eigenvalue weighted by molar-refractivity contribution is 0.697. The zero-order valence-electron chi connectivity index (χ0n) is 14.9. The topological polar surface area (TPSA) is 73.7 Å². The molecule has 2 aromatic heterocycles. The molecule has 0 radical (unpaired) electrons. The van der Waals surface area contributed by atoms with Crippen LogP contribution in [0.25, 0.3) is 0 Å². The van der Waals surface area contributed by atoms with Crippen molar-refractivity contribution >= 4 is 23.0 Å². The van der Waals surface area contributed by atoms with Gasteiger partial charge in [-0.05, 0) is 50.6 Å². The van der Waals surface area contributed by atoms with Crippen LogP contribution in [-0.4, -0.2) is 15.7 Å². The molecule has 1 aliphatic carbocycles. The second kappa shape index (κ2) is 7.47. The molecule has 0 atom stereocenters. The summed E-state index contributed by atoms with van der Waals surface area (Å²) in [7, 11) is 0. The fraction of sp³-hybridized carbons (Fsp3) is 0.350. The summed E-state index contributed by atoms with van der Waals surface area (Å²) in [6.07, 6.45) is 8.32. The summed E-state index contributed by atoms with van der Waals surface area (Å²) in [5.41, 5.74) is 4.42. The van der Waals surface area contributed by atoms with E-state index in [-0.39, 0.29) is 0 Å². The van der Waals surface area contributed by atoms with Crippen molar-refractivity contribution in [1.29, 1.82) is 5.41 Å². The van der Waals surface area contributed by atoms with Gasteiger partial charge in [0.1, 0.15) is 11.6 Å². The van der Waals surface area contributed by atoms with Gasteiger partial charge in [0.05, 0.1) is 5.69 Å². The minimum atomic E-state index is 0.462. The zero-order valence-corrected chi connectivity index (χ0v) is 14.9. The Labute approximate surface area is 149 Å². The maximum Gasteiger partial charge on any atom is 0.131 e. The van der Waals surface area contributed by atoms with E-state index >= 15 is 0 Å². The van der Waals surface area contributed by atoms with Gasteiger partial charge in [0.15, 0.2) is 0 Å². The number of hydrogen-bond donors (Lipinski definition) is 3. The maximum atomic E-state index is 7.99. The molecule has 3 rings (SSSR count). The first-order chi connectivity index (χ1) is 12.1. The summed E-state index contributed by atoms with van der Waals surface area (Å²) in [4.78, 5) is 9.15. The molecule has 1 fully saturated rings. The van der Waals surface area contributed by atoms with Crippen LogP contribution >= 0.6 is 0 Å². The van der Waals surface area contributed by atoms with Crippen LogP contribution in [-0.2, 0) is 0 Å². The third-order valence-corrected chi connectivity index (χ3v) is 4.58. The third-order valence-electron chi connectivity index (χ3n) is 4.58. The molecule has 25 heavy (non-hydrogen) atoms. The standard InChI is InChI=1S/C20H25N5/c1-4-22-19-11-18(16(12-23-19)14(3)21)25-20-10-13(2)9-17(24-20)15-7-5-6-8-15/h4,9-12,15,21H,1,5-8H2,2-3H3,(H2,22,23,24,25). The molecule has 2 aromatic rings. The Kier molecular flexibility index (Phi) is 5.12. The van der Waals surface area contributed by atoms with Gasteiger partial charge >= 0.3 is 0 Å². The Morgan fingerprint density at radius 3 is 2.68 bits per heavy atom. The number of nitrogens with zero attached hydrogens (tertiary/aromatic N) is 2. The van der Waals surface area contributed by atoms with Crippen LogP contribution in [0.5, 0.6) is 0 Å². The molecule has 0 spiro atoms. The number of nitrogens with one attached hydrogen (secondary N) is 3. The summed E-state index contributed by atoms with van der Waals surface area (Å²) in [5.74, 6) is 2.08. The second-order valence-electron chi connectivity index (χ2n) is 6.65. The van der Waals surface area contributed by atoms with E-state index in [2.05, 4.69) is 35.2 Å². The van der Waals surface area contributed by atoms with E-state index in [0.717, 1.165) is 17.1 Å². The summed E-state index contributed by atoms with van der Waals surface area (Å²) in [6, 6.07) is 6.12. The van der Waals surface area contributed by atoms with Gasteiger partial charge in [-0.2, -0.15) is 0 Å². The second-order valence-corrected chi connectivity index (χ2v) is 6.65. The van der Waals surface area contributed by atoms with Crippen LogP contribution in [0, 0.1) is 12.3 Å². The number of aryl methyl sites for hydroxylation is 1. The Balaban J connectivity index is 1.94. The smallest absolute Gasteiger partial charge is 0.131 e. The SMILES string of the molecule is C=CNc1cc(Nc2cc(C)cc(C3CCCC3)n2)c(C(C)=N)cn1. The van der Waals surface area contributed by atoms with E-state index < -0.39 is 0 Å². The van der Waals surface area contributed by atoms with Crippen LogP contribution in [0.4, 0.5) is 17.3 Å². The maximum absolute atomic E-state index is 7.99. The number of hydrogen-bond acceptors (Lipinski definition) is 5. The molecule has 5 heteroatoms. The van der Waals surface area contributed by atoms with Crippen molar-refractivity contribution in [2.75, 3.05) is 10.6 Å². The van der Waals surface area contributed by atoms with Crippen molar-refractivity contribution in [3.63, 3.8) is 0 Å². The fourth-order valence-corrected chi connectivity index (χ4v) is 3.37. The minimum Gasteiger partial charge on any atom is -0.347 e. The molecular weight excluding hydrogens is 310 g/mol. The van der Waals surface area contributed by atoms with Crippen LogP contribution < -0.4 is 10.6 Å². The van der Waals surface area contributed by atoms with E-state index in [1.165, 1.54) is 36.9 Å². The first-order valence-electron chi connectivity index (χ1n) is 8.75. The van der Waals surface area contributed by atoms with Crippen molar-refractivity contribution in [2.24, 2.45) is 0 Å².